The Morgan fingerprint density at radius 2 is 1.60 bits per heavy atom. The molecule has 3 fully saturated rings. The third-order valence-electron chi connectivity index (χ3n) is 5.65. The Balaban J connectivity index is 1.36. The van der Waals surface area contributed by atoms with E-state index in [9.17, 15) is 4.79 Å². The van der Waals surface area contributed by atoms with Gasteiger partial charge < -0.3 is 10.2 Å². The number of hydrogen-bond acceptors (Lipinski definition) is 2. The molecule has 3 nitrogen and oxygen atoms in total. The predicted octanol–water partition coefficient (Wildman–Crippen LogP) is 2.95. The lowest BCUT2D eigenvalue weighted by atomic mass is 9.87. The number of rotatable bonds is 4. The van der Waals surface area contributed by atoms with Crippen molar-refractivity contribution < 1.29 is 4.79 Å². The molecule has 3 aliphatic rings. The Hall–Kier alpha value is -0.570. The quantitative estimate of drug-likeness (QED) is 0.857. The summed E-state index contributed by atoms with van der Waals surface area (Å²) in [6.07, 6.45) is 13.0. The highest BCUT2D eigenvalue weighted by molar-refractivity contribution is 5.79. The number of nitrogens with one attached hydrogen (secondary N) is 1. The van der Waals surface area contributed by atoms with E-state index in [0.29, 0.717) is 17.9 Å². The average molecular weight is 278 g/mol. The maximum atomic E-state index is 12.2. The molecule has 2 aliphatic carbocycles. The van der Waals surface area contributed by atoms with Gasteiger partial charge in [-0.3, -0.25) is 4.79 Å². The van der Waals surface area contributed by atoms with Gasteiger partial charge in [-0.1, -0.05) is 19.3 Å². The smallest absolute Gasteiger partial charge is 0.223 e. The van der Waals surface area contributed by atoms with Crippen molar-refractivity contribution in [2.24, 2.45) is 11.8 Å². The van der Waals surface area contributed by atoms with Crippen LogP contribution < -0.4 is 5.32 Å². The number of amides is 1. The SMILES string of the molecule is O=C(NC1CCC1)C1CCN(CC2CCCCC2)CC1. The Bertz CT molecular complexity index is 313. The molecule has 0 atom stereocenters. The van der Waals surface area contributed by atoms with Crippen molar-refractivity contribution in [1.82, 2.24) is 10.2 Å². The van der Waals surface area contributed by atoms with E-state index in [1.807, 2.05) is 0 Å². The minimum atomic E-state index is 0.290. The van der Waals surface area contributed by atoms with E-state index in [0.717, 1.165) is 31.8 Å². The Kier molecular flexibility index (Phi) is 4.98. The van der Waals surface area contributed by atoms with Crippen molar-refractivity contribution in [3.8, 4) is 0 Å². The van der Waals surface area contributed by atoms with Gasteiger partial charge in [-0.2, -0.15) is 0 Å². The van der Waals surface area contributed by atoms with Crippen LogP contribution >= 0.6 is 0 Å². The summed E-state index contributed by atoms with van der Waals surface area (Å²) in [6.45, 7) is 3.56. The molecule has 3 heteroatoms. The summed E-state index contributed by atoms with van der Waals surface area (Å²) in [5.74, 6) is 1.56. The molecule has 0 radical (unpaired) electrons. The van der Waals surface area contributed by atoms with Crippen LogP contribution in [-0.2, 0) is 4.79 Å². The Labute approximate surface area is 123 Å². The maximum Gasteiger partial charge on any atom is 0.223 e. The van der Waals surface area contributed by atoms with Gasteiger partial charge >= 0.3 is 0 Å². The first kappa shape index (κ1) is 14.4. The monoisotopic (exact) mass is 278 g/mol. The second kappa shape index (κ2) is 6.93. The molecule has 0 aromatic rings. The largest absolute Gasteiger partial charge is 0.353 e. The summed E-state index contributed by atoms with van der Waals surface area (Å²) in [7, 11) is 0. The maximum absolute atomic E-state index is 12.2. The fourth-order valence-corrected chi connectivity index (χ4v) is 3.98. The Morgan fingerprint density at radius 3 is 2.20 bits per heavy atom. The van der Waals surface area contributed by atoms with Crippen LogP contribution in [0.2, 0.25) is 0 Å². The zero-order valence-corrected chi connectivity index (χ0v) is 12.8. The minimum Gasteiger partial charge on any atom is -0.353 e. The van der Waals surface area contributed by atoms with Crippen molar-refractivity contribution in [1.29, 1.82) is 0 Å². The van der Waals surface area contributed by atoms with Gasteiger partial charge in [0, 0.05) is 18.5 Å². The van der Waals surface area contributed by atoms with E-state index in [-0.39, 0.29) is 0 Å². The molecule has 0 aromatic carbocycles. The average Bonchev–Trinajstić information content (AvgIpc) is 2.44. The summed E-state index contributed by atoms with van der Waals surface area (Å²) in [5.41, 5.74) is 0. The highest BCUT2D eigenvalue weighted by Gasteiger charge is 2.29. The summed E-state index contributed by atoms with van der Waals surface area (Å²) in [5, 5.41) is 3.22. The highest BCUT2D eigenvalue weighted by atomic mass is 16.1. The van der Waals surface area contributed by atoms with Crippen LogP contribution in [-0.4, -0.2) is 36.5 Å². The van der Waals surface area contributed by atoms with Crippen molar-refractivity contribution in [2.45, 2.75) is 70.3 Å². The van der Waals surface area contributed by atoms with Crippen molar-refractivity contribution >= 4 is 5.91 Å². The van der Waals surface area contributed by atoms with Gasteiger partial charge in [0.1, 0.15) is 0 Å². The molecule has 2 saturated carbocycles. The molecular formula is C17H30N2O. The molecule has 0 bridgehead atoms. The van der Waals surface area contributed by atoms with Gasteiger partial charge in [0.25, 0.3) is 0 Å². The summed E-state index contributed by atoms with van der Waals surface area (Å²) < 4.78 is 0. The molecule has 1 aliphatic heterocycles. The molecule has 1 heterocycles. The molecule has 1 saturated heterocycles. The molecular weight excluding hydrogens is 248 g/mol. The normalized spacial score (nSPS) is 27.2. The first-order valence-electron chi connectivity index (χ1n) is 8.84. The van der Waals surface area contributed by atoms with E-state index < -0.39 is 0 Å². The van der Waals surface area contributed by atoms with Crippen LogP contribution in [0.15, 0.2) is 0 Å². The lowest BCUT2D eigenvalue weighted by Gasteiger charge is -2.36. The van der Waals surface area contributed by atoms with E-state index in [4.69, 9.17) is 0 Å². The second-order valence-electron chi connectivity index (χ2n) is 7.22. The van der Waals surface area contributed by atoms with Crippen LogP contribution in [0.4, 0.5) is 0 Å². The van der Waals surface area contributed by atoms with E-state index >= 15 is 0 Å². The van der Waals surface area contributed by atoms with Crippen LogP contribution in [0.3, 0.4) is 0 Å². The van der Waals surface area contributed by atoms with Crippen molar-refractivity contribution in [3.05, 3.63) is 0 Å². The zero-order chi connectivity index (χ0) is 13.8. The third-order valence-corrected chi connectivity index (χ3v) is 5.65. The van der Waals surface area contributed by atoms with Crippen LogP contribution in [0.1, 0.15) is 64.2 Å². The van der Waals surface area contributed by atoms with E-state index in [1.54, 1.807) is 0 Å². The number of likely N-dealkylation sites (tertiary alicyclic amines) is 1. The summed E-state index contributed by atoms with van der Waals surface area (Å²) in [4.78, 5) is 14.8. The number of nitrogens with zero attached hydrogens (tertiary/aromatic N) is 1. The van der Waals surface area contributed by atoms with Gasteiger partial charge in [0.05, 0.1) is 0 Å². The number of hydrogen-bond donors (Lipinski definition) is 1. The zero-order valence-electron chi connectivity index (χ0n) is 12.8. The highest BCUT2D eigenvalue weighted by Crippen LogP contribution is 2.27. The first-order valence-corrected chi connectivity index (χ1v) is 8.84. The number of carbonyl (C=O) groups is 1. The fraction of sp³-hybridized carbons (Fsp3) is 0.941. The molecule has 0 spiro atoms. The van der Waals surface area contributed by atoms with Gasteiger partial charge in [0.2, 0.25) is 5.91 Å². The third kappa shape index (κ3) is 3.75. The van der Waals surface area contributed by atoms with Crippen molar-refractivity contribution in [2.75, 3.05) is 19.6 Å². The first-order chi connectivity index (χ1) is 9.81. The van der Waals surface area contributed by atoms with Gasteiger partial charge in [-0.25, -0.2) is 0 Å². The van der Waals surface area contributed by atoms with Gasteiger partial charge in [-0.15, -0.1) is 0 Å². The molecule has 20 heavy (non-hydrogen) atoms. The molecule has 3 rings (SSSR count). The molecule has 114 valence electrons. The summed E-state index contributed by atoms with van der Waals surface area (Å²) in [6, 6.07) is 0.503. The molecule has 1 amide bonds. The standard InChI is InChI=1S/C17H30N2O/c20-17(18-16-7-4-8-16)15-9-11-19(12-10-15)13-14-5-2-1-3-6-14/h14-16H,1-13H2,(H,18,20). The van der Waals surface area contributed by atoms with Crippen LogP contribution in [0.5, 0.6) is 0 Å². The Morgan fingerprint density at radius 1 is 0.900 bits per heavy atom. The summed E-state index contributed by atoms with van der Waals surface area (Å²) >= 11 is 0. The number of carbonyl (C=O) groups excluding carboxylic acids is 1. The molecule has 0 unspecified atom stereocenters. The lowest BCUT2D eigenvalue weighted by Crippen LogP contribution is -2.46. The predicted molar refractivity (Wildman–Crippen MR) is 81.5 cm³/mol. The van der Waals surface area contributed by atoms with Crippen LogP contribution in [0, 0.1) is 11.8 Å². The lowest BCUT2D eigenvalue weighted by molar-refractivity contribution is -0.127. The minimum absolute atomic E-state index is 0.290. The molecule has 1 N–H and O–H groups in total. The van der Waals surface area contributed by atoms with Gasteiger partial charge in [-0.05, 0) is 64.0 Å². The topological polar surface area (TPSA) is 32.3 Å². The van der Waals surface area contributed by atoms with Crippen molar-refractivity contribution in [3.63, 3.8) is 0 Å². The molecule has 0 aromatic heterocycles. The van der Waals surface area contributed by atoms with E-state index in [2.05, 4.69) is 10.2 Å². The van der Waals surface area contributed by atoms with E-state index in [1.165, 1.54) is 57.9 Å². The number of piperidine rings is 1. The van der Waals surface area contributed by atoms with Gasteiger partial charge in [0.15, 0.2) is 0 Å². The van der Waals surface area contributed by atoms with Crippen LogP contribution in [0.25, 0.3) is 0 Å². The second-order valence-corrected chi connectivity index (χ2v) is 7.22. The fourth-order valence-electron chi connectivity index (χ4n) is 3.98.